The highest BCUT2D eigenvalue weighted by molar-refractivity contribution is 7.22. The number of nitrogens with zero attached hydrogens (tertiary/aromatic N) is 2. The van der Waals surface area contributed by atoms with Gasteiger partial charge in [-0.3, -0.25) is 14.5 Å². The van der Waals surface area contributed by atoms with Gasteiger partial charge in [0.25, 0.3) is 5.78 Å². The summed E-state index contributed by atoms with van der Waals surface area (Å²) in [4.78, 5) is 32.7. The summed E-state index contributed by atoms with van der Waals surface area (Å²) < 4.78 is 0.956. The maximum atomic E-state index is 13.3. The number of thiazole rings is 1. The number of aryl methyl sites for hydroxylation is 2. The summed E-state index contributed by atoms with van der Waals surface area (Å²) in [5.74, 6) is -1.58. The lowest BCUT2D eigenvalue weighted by atomic mass is 9.94. The van der Waals surface area contributed by atoms with E-state index < -0.39 is 17.7 Å². The number of benzene rings is 3. The number of hydrogen-bond donors (Lipinski definition) is 1. The van der Waals surface area contributed by atoms with E-state index in [1.807, 2.05) is 49.4 Å². The molecule has 0 bridgehead atoms. The predicted octanol–water partition coefficient (Wildman–Crippen LogP) is 5.79. The van der Waals surface area contributed by atoms with Gasteiger partial charge >= 0.3 is 5.91 Å². The molecule has 1 unspecified atom stereocenters. The number of aromatic nitrogens is 1. The summed E-state index contributed by atoms with van der Waals surface area (Å²) in [6.07, 6.45) is 0.897. The van der Waals surface area contributed by atoms with Gasteiger partial charge in [0.2, 0.25) is 0 Å². The molecule has 6 heteroatoms. The fourth-order valence-corrected chi connectivity index (χ4v) is 5.27. The summed E-state index contributed by atoms with van der Waals surface area (Å²) in [7, 11) is 0. The zero-order valence-electron chi connectivity index (χ0n) is 18.3. The first kappa shape index (κ1) is 21.1. The second-order valence-corrected chi connectivity index (χ2v) is 9.11. The van der Waals surface area contributed by atoms with E-state index in [1.54, 1.807) is 24.3 Å². The number of fused-ring (bicyclic) bond motifs is 1. The van der Waals surface area contributed by atoms with Crippen molar-refractivity contribution in [2.45, 2.75) is 26.3 Å². The largest absolute Gasteiger partial charge is 0.507 e. The van der Waals surface area contributed by atoms with Crippen LogP contribution in [0.1, 0.15) is 35.2 Å². The summed E-state index contributed by atoms with van der Waals surface area (Å²) in [5, 5.41) is 11.6. The molecule has 1 atom stereocenters. The molecule has 1 saturated heterocycles. The van der Waals surface area contributed by atoms with E-state index in [4.69, 9.17) is 0 Å². The minimum Gasteiger partial charge on any atom is -0.507 e. The Bertz CT molecular complexity index is 1420. The Kier molecular flexibility index (Phi) is 5.30. The lowest BCUT2D eigenvalue weighted by Gasteiger charge is -2.23. The molecule has 33 heavy (non-hydrogen) atoms. The highest BCUT2D eigenvalue weighted by Crippen LogP contribution is 2.44. The topological polar surface area (TPSA) is 70.5 Å². The number of rotatable bonds is 4. The van der Waals surface area contributed by atoms with Crippen LogP contribution in [0.5, 0.6) is 0 Å². The summed E-state index contributed by atoms with van der Waals surface area (Å²) >= 11 is 1.38. The number of aliphatic hydroxyl groups excluding tert-OH is 1. The van der Waals surface area contributed by atoms with Gasteiger partial charge in [-0.1, -0.05) is 84.5 Å². The van der Waals surface area contributed by atoms with Gasteiger partial charge in [0.1, 0.15) is 5.76 Å². The SMILES string of the molecule is CCc1ccc2nc(N3C(=O)C(=O)/C(=C(/O)c4ccccc4)C3c3cccc(C)c3)sc2c1. The number of carbonyl (C=O) groups excluding carboxylic acids is 2. The van der Waals surface area contributed by atoms with Crippen molar-refractivity contribution in [2.75, 3.05) is 4.90 Å². The van der Waals surface area contributed by atoms with E-state index in [0.29, 0.717) is 10.7 Å². The van der Waals surface area contributed by atoms with Crippen LogP contribution in [0.15, 0.2) is 78.4 Å². The van der Waals surface area contributed by atoms with Crippen LogP contribution in [0, 0.1) is 6.92 Å². The highest BCUT2D eigenvalue weighted by Gasteiger charge is 2.48. The molecule has 0 saturated carbocycles. The first-order chi connectivity index (χ1) is 16.0. The van der Waals surface area contributed by atoms with Crippen LogP contribution in [-0.4, -0.2) is 21.8 Å². The van der Waals surface area contributed by atoms with E-state index in [2.05, 4.69) is 18.0 Å². The molecule has 1 aliphatic rings. The average Bonchev–Trinajstić information content (AvgIpc) is 3.37. The molecule has 3 aromatic carbocycles. The Morgan fingerprint density at radius 2 is 1.82 bits per heavy atom. The molecule has 1 amide bonds. The highest BCUT2D eigenvalue weighted by atomic mass is 32.1. The van der Waals surface area contributed by atoms with Crippen LogP contribution >= 0.6 is 11.3 Å². The molecule has 1 aromatic heterocycles. The average molecular weight is 455 g/mol. The Morgan fingerprint density at radius 3 is 2.55 bits per heavy atom. The minimum absolute atomic E-state index is 0.0744. The van der Waals surface area contributed by atoms with Crippen molar-refractivity contribution in [3.8, 4) is 0 Å². The number of hydrogen-bond acceptors (Lipinski definition) is 5. The number of Topliss-reactive ketones (excluding diaryl/α,β-unsaturated/α-hetero) is 1. The lowest BCUT2D eigenvalue weighted by Crippen LogP contribution is -2.29. The molecule has 4 aromatic rings. The summed E-state index contributed by atoms with van der Waals surface area (Å²) in [6.45, 7) is 4.04. The summed E-state index contributed by atoms with van der Waals surface area (Å²) in [6, 6.07) is 21.8. The van der Waals surface area contributed by atoms with Crippen molar-refractivity contribution in [3.05, 3.63) is 101 Å². The first-order valence-electron chi connectivity index (χ1n) is 10.8. The molecule has 0 radical (unpaired) electrons. The standard InChI is InChI=1S/C27H22N2O3S/c1-3-17-12-13-20-21(15-17)33-27(28-20)29-23(19-11-7-8-16(2)14-19)22(25(31)26(29)32)24(30)18-9-5-4-6-10-18/h4-15,23,30H,3H2,1-2H3/b24-22+. The Morgan fingerprint density at radius 1 is 1.03 bits per heavy atom. The van der Waals surface area contributed by atoms with E-state index in [0.717, 1.165) is 27.8 Å². The van der Waals surface area contributed by atoms with E-state index in [1.165, 1.54) is 21.8 Å². The Hall–Kier alpha value is -3.77. The normalized spacial score (nSPS) is 17.8. The third-order valence-electron chi connectivity index (χ3n) is 5.91. The van der Waals surface area contributed by atoms with Crippen molar-refractivity contribution in [1.29, 1.82) is 0 Å². The van der Waals surface area contributed by atoms with Gasteiger partial charge in [-0.2, -0.15) is 0 Å². The van der Waals surface area contributed by atoms with Gasteiger partial charge in [0.05, 0.1) is 21.8 Å². The first-order valence-corrected chi connectivity index (χ1v) is 11.6. The monoisotopic (exact) mass is 454 g/mol. The van der Waals surface area contributed by atoms with Gasteiger partial charge in [0.15, 0.2) is 5.13 Å². The fraction of sp³-hybridized carbons (Fsp3) is 0.148. The molecule has 5 rings (SSSR count). The van der Waals surface area contributed by atoms with Crippen molar-refractivity contribution >= 4 is 44.1 Å². The van der Waals surface area contributed by atoms with E-state index >= 15 is 0 Å². The third-order valence-corrected chi connectivity index (χ3v) is 6.92. The molecular formula is C27H22N2O3S. The molecule has 2 heterocycles. The molecule has 5 nitrogen and oxygen atoms in total. The molecule has 1 aliphatic heterocycles. The zero-order valence-corrected chi connectivity index (χ0v) is 19.1. The lowest BCUT2D eigenvalue weighted by molar-refractivity contribution is -0.132. The molecule has 1 fully saturated rings. The van der Waals surface area contributed by atoms with Crippen LogP contribution in [-0.2, 0) is 16.0 Å². The molecule has 0 aliphatic carbocycles. The maximum Gasteiger partial charge on any atom is 0.301 e. The van der Waals surface area contributed by atoms with Crippen LogP contribution in [0.4, 0.5) is 5.13 Å². The van der Waals surface area contributed by atoms with Crippen LogP contribution in [0.2, 0.25) is 0 Å². The van der Waals surface area contributed by atoms with Gasteiger partial charge < -0.3 is 5.11 Å². The number of ketones is 1. The molecular weight excluding hydrogens is 432 g/mol. The second-order valence-electron chi connectivity index (χ2n) is 8.10. The predicted molar refractivity (Wildman–Crippen MR) is 131 cm³/mol. The van der Waals surface area contributed by atoms with Gasteiger partial charge in [-0.15, -0.1) is 0 Å². The zero-order chi connectivity index (χ0) is 23.1. The van der Waals surface area contributed by atoms with Crippen molar-refractivity contribution < 1.29 is 14.7 Å². The molecule has 0 spiro atoms. The fourth-order valence-electron chi connectivity index (χ4n) is 4.22. The second kappa shape index (κ2) is 8.30. The van der Waals surface area contributed by atoms with Crippen molar-refractivity contribution in [3.63, 3.8) is 0 Å². The summed E-state index contributed by atoms with van der Waals surface area (Å²) in [5.41, 5.74) is 4.27. The number of carbonyl (C=O) groups is 2. The smallest absolute Gasteiger partial charge is 0.301 e. The number of amides is 1. The maximum absolute atomic E-state index is 13.3. The van der Waals surface area contributed by atoms with E-state index in [-0.39, 0.29) is 11.3 Å². The number of aliphatic hydroxyl groups is 1. The van der Waals surface area contributed by atoms with E-state index in [9.17, 15) is 14.7 Å². The van der Waals surface area contributed by atoms with Gasteiger partial charge in [-0.05, 0) is 36.6 Å². The number of anilines is 1. The van der Waals surface area contributed by atoms with Crippen LogP contribution in [0.25, 0.3) is 16.0 Å². The van der Waals surface area contributed by atoms with Crippen molar-refractivity contribution in [2.24, 2.45) is 0 Å². The quantitative estimate of drug-likeness (QED) is 0.241. The van der Waals surface area contributed by atoms with Crippen LogP contribution < -0.4 is 4.90 Å². The Balaban J connectivity index is 1.73. The Labute approximate surface area is 195 Å². The third kappa shape index (κ3) is 3.62. The molecule has 164 valence electrons. The van der Waals surface area contributed by atoms with Gasteiger partial charge in [0, 0.05) is 5.56 Å². The van der Waals surface area contributed by atoms with Gasteiger partial charge in [-0.25, -0.2) is 4.98 Å². The minimum atomic E-state index is -0.767. The molecule has 1 N–H and O–H groups in total. The van der Waals surface area contributed by atoms with Crippen LogP contribution in [0.3, 0.4) is 0 Å². The van der Waals surface area contributed by atoms with Crippen molar-refractivity contribution in [1.82, 2.24) is 4.98 Å².